The zero-order chi connectivity index (χ0) is 28.2. The van der Waals surface area contributed by atoms with E-state index in [1.165, 1.54) is 17.2 Å². The molecule has 1 saturated heterocycles. The minimum atomic E-state index is -0.906. The number of anilines is 1. The van der Waals surface area contributed by atoms with Gasteiger partial charge in [-0.1, -0.05) is 23.7 Å². The molecule has 1 aromatic carbocycles. The van der Waals surface area contributed by atoms with Crippen LogP contribution in [0, 0.1) is 5.95 Å². The van der Waals surface area contributed by atoms with E-state index in [1.54, 1.807) is 38.8 Å². The third-order valence-electron chi connectivity index (χ3n) is 5.78. The summed E-state index contributed by atoms with van der Waals surface area (Å²) < 4.78 is 30.6. The summed E-state index contributed by atoms with van der Waals surface area (Å²) in [6.45, 7) is 6.27. The number of carbonyl (C=O) groups excluding carboxylic acids is 1. The van der Waals surface area contributed by atoms with Crippen molar-refractivity contribution in [1.82, 2.24) is 19.9 Å². The fraction of sp³-hybridized carbons (Fsp3) is 0.407. The number of aromatic nitrogens is 3. The first kappa shape index (κ1) is 28.3. The van der Waals surface area contributed by atoms with E-state index in [9.17, 15) is 14.3 Å². The van der Waals surface area contributed by atoms with Gasteiger partial charge in [0, 0.05) is 37.5 Å². The summed E-state index contributed by atoms with van der Waals surface area (Å²) in [7, 11) is 1.59. The van der Waals surface area contributed by atoms with E-state index >= 15 is 0 Å². The molecule has 0 radical (unpaired) electrons. The van der Waals surface area contributed by atoms with Gasteiger partial charge in [0.15, 0.2) is 11.6 Å². The lowest BCUT2D eigenvalue weighted by Gasteiger charge is -2.27. The first-order valence-electron chi connectivity index (χ1n) is 12.4. The van der Waals surface area contributed by atoms with Gasteiger partial charge in [0.2, 0.25) is 11.8 Å². The maximum absolute atomic E-state index is 13.9. The lowest BCUT2D eigenvalue weighted by Crippen LogP contribution is -2.41. The van der Waals surface area contributed by atoms with Crippen molar-refractivity contribution in [2.24, 2.45) is 0 Å². The van der Waals surface area contributed by atoms with Crippen LogP contribution in [0.4, 0.5) is 15.0 Å². The van der Waals surface area contributed by atoms with Crippen LogP contribution in [0.25, 0.3) is 11.4 Å². The Morgan fingerprint density at radius 1 is 1.15 bits per heavy atom. The Kier molecular flexibility index (Phi) is 8.71. The van der Waals surface area contributed by atoms with Crippen LogP contribution in [0.15, 0.2) is 42.6 Å². The summed E-state index contributed by atoms with van der Waals surface area (Å²) in [6, 6.07) is 10.1. The standard InChI is InChI=1S/C27H31ClFN5O5/c1-27(2,3)39-26(36)34-12-11-33(14-19(35)15-34)24-22(28)25(38-16-17-5-7-20(37-4)8-6-17)32-23(31-24)18-9-10-30-21(29)13-18/h5-10,13,19,35H,11-12,14-16H2,1-4H3. The average Bonchev–Trinajstić information content (AvgIpc) is 3.09. The molecule has 0 aliphatic carbocycles. The third-order valence-corrected chi connectivity index (χ3v) is 6.11. The van der Waals surface area contributed by atoms with E-state index in [2.05, 4.69) is 15.0 Å². The van der Waals surface area contributed by atoms with Gasteiger partial charge in [-0.05, 0) is 44.5 Å². The monoisotopic (exact) mass is 559 g/mol. The lowest BCUT2D eigenvalue weighted by molar-refractivity contribution is 0.0186. The first-order valence-corrected chi connectivity index (χ1v) is 12.8. The van der Waals surface area contributed by atoms with E-state index in [1.807, 2.05) is 24.3 Å². The number of hydrogen-bond acceptors (Lipinski definition) is 9. The van der Waals surface area contributed by atoms with Gasteiger partial charge in [-0.3, -0.25) is 0 Å². The quantitative estimate of drug-likeness (QED) is 0.441. The zero-order valence-electron chi connectivity index (χ0n) is 22.2. The molecular weight excluding hydrogens is 529 g/mol. The van der Waals surface area contributed by atoms with Crippen molar-refractivity contribution >= 4 is 23.5 Å². The molecule has 3 heterocycles. The second-order valence-corrected chi connectivity index (χ2v) is 10.4. The number of carbonyl (C=O) groups is 1. The van der Waals surface area contributed by atoms with Gasteiger partial charge in [0.1, 0.15) is 23.0 Å². The second-order valence-electron chi connectivity index (χ2n) is 10.0. The molecule has 0 saturated carbocycles. The molecule has 1 aliphatic heterocycles. The molecule has 3 aromatic rings. The number of hydrogen-bond donors (Lipinski definition) is 1. The fourth-order valence-corrected chi connectivity index (χ4v) is 4.20. The van der Waals surface area contributed by atoms with Crippen LogP contribution in [0.2, 0.25) is 5.02 Å². The maximum atomic E-state index is 13.9. The number of ether oxygens (including phenoxy) is 3. The summed E-state index contributed by atoms with van der Waals surface area (Å²) in [4.78, 5) is 28.5. The Hall–Kier alpha value is -3.70. The molecule has 1 unspecified atom stereocenters. The predicted molar refractivity (Wildman–Crippen MR) is 144 cm³/mol. The highest BCUT2D eigenvalue weighted by molar-refractivity contribution is 6.34. The van der Waals surface area contributed by atoms with Gasteiger partial charge in [-0.15, -0.1) is 0 Å². The maximum Gasteiger partial charge on any atom is 0.410 e. The molecule has 39 heavy (non-hydrogen) atoms. The van der Waals surface area contributed by atoms with Gasteiger partial charge >= 0.3 is 6.09 Å². The van der Waals surface area contributed by atoms with Crippen LogP contribution in [-0.2, 0) is 11.3 Å². The molecule has 4 rings (SSSR count). The largest absolute Gasteiger partial charge is 0.497 e. The van der Waals surface area contributed by atoms with Gasteiger partial charge in [0.05, 0.1) is 19.8 Å². The number of rotatable bonds is 6. The molecule has 1 fully saturated rings. The lowest BCUT2D eigenvalue weighted by atomic mass is 10.2. The van der Waals surface area contributed by atoms with E-state index < -0.39 is 23.7 Å². The Morgan fingerprint density at radius 3 is 2.56 bits per heavy atom. The molecular formula is C27H31ClFN5O5. The van der Waals surface area contributed by atoms with Crippen molar-refractivity contribution in [1.29, 1.82) is 0 Å². The average molecular weight is 560 g/mol. The highest BCUT2D eigenvalue weighted by atomic mass is 35.5. The Labute approximate surface area is 231 Å². The van der Waals surface area contributed by atoms with Crippen LogP contribution >= 0.6 is 11.6 Å². The van der Waals surface area contributed by atoms with Crippen LogP contribution < -0.4 is 14.4 Å². The van der Waals surface area contributed by atoms with Crippen molar-refractivity contribution in [2.45, 2.75) is 39.1 Å². The number of methoxy groups -OCH3 is 1. The number of benzene rings is 1. The minimum absolute atomic E-state index is 0.0807. The van der Waals surface area contributed by atoms with Crippen LogP contribution in [0.5, 0.6) is 11.6 Å². The smallest absolute Gasteiger partial charge is 0.410 e. The van der Waals surface area contributed by atoms with E-state index in [0.29, 0.717) is 17.9 Å². The van der Waals surface area contributed by atoms with Gasteiger partial charge in [-0.25, -0.2) is 14.8 Å². The van der Waals surface area contributed by atoms with Gasteiger partial charge in [-0.2, -0.15) is 9.37 Å². The van der Waals surface area contributed by atoms with Crippen molar-refractivity contribution in [3.05, 3.63) is 59.1 Å². The van der Waals surface area contributed by atoms with E-state index in [-0.39, 0.29) is 48.8 Å². The molecule has 12 heteroatoms. The molecule has 1 amide bonds. The molecule has 1 N–H and O–H groups in total. The van der Waals surface area contributed by atoms with Crippen molar-refractivity contribution < 1.29 is 28.5 Å². The third kappa shape index (κ3) is 7.45. The highest BCUT2D eigenvalue weighted by Gasteiger charge is 2.30. The number of aliphatic hydroxyl groups excluding tert-OH is 1. The number of aliphatic hydroxyl groups is 1. The molecule has 1 atom stereocenters. The molecule has 0 spiro atoms. The summed E-state index contributed by atoms with van der Waals surface area (Å²) in [5, 5.41) is 10.9. The van der Waals surface area contributed by atoms with Crippen molar-refractivity contribution in [3.63, 3.8) is 0 Å². The fourth-order valence-electron chi connectivity index (χ4n) is 3.94. The van der Waals surface area contributed by atoms with Crippen LogP contribution in [0.3, 0.4) is 0 Å². The molecule has 10 nitrogen and oxygen atoms in total. The van der Waals surface area contributed by atoms with Crippen LogP contribution in [-0.4, -0.2) is 76.0 Å². The van der Waals surface area contributed by atoms with Crippen molar-refractivity contribution in [2.75, 3.05) is 38.2 Å². The number of β-amino-alcohol motifs (C(OH)–C–C–N with tert-alkyl or cyclic N) is 1. The second kappa shape index (κ2) is 12.0. The summed E-state index contributed by atoms with van der Waals surface area (Å²) in [5.41, 5.74) is 0.552. The van der Waals surface area contributed by atoms with Crippen molar-refractivity contribution in [3.8, 4) is 23.0 Å². The molecule has 1 aliphatic rings. The van der Waals surface area contributed by atoms with Crippen LogP contribution in [0.1, 0.15) is 26.3 Å². The van der Waals surface area contributed by atoms with E-state index in [0.717, 1.165) is 5.56 Å². The number of nitrogens with zero attached hydrogens (tertiary/aromatic N) is 5. The highest BCUT2D eigenvalue weighted by Crippen LogP contribution is 2.35. The Balaban J connectivity index is 1.64. The summed E-state index contributed by atoms with van der Waals surface area (Å²) >= 11 is 6.75. The van der Waals surface area contributed by atoms with Gasteiger partial charge in [0.25, 0.3) is 0 Å². The Morgan fingerprint density at radius 2 is 1.90 bits per heavy atom. The SMILES string of the molecule is COc1ccc(COc2nc(-c3ccnc(F)c3)nc(N3CCN(C(=O)OC(C)(C)C)CC(O)C3)c2Cl)cc1. The Bertz CT molecular complexity index is 1300. The normalized spacial score (nSPS) is 16.0. The van der Waals surface area contributed by atoms with Gasteiger partial charge < -0.3 is 29.1 Å². The predicted octanol–water partition coefficient (Wildman–Crippen LogP) is 4.34. The summed E-state index contributed by atoms with van der Waals surface area (Å²) in [6.07, 6.45) is -0.112. The number of amides is 1. The topological polar surface area (TPSA) is 110 Å². The molecule has 0 bridgehead atoms. The zero-order valence-corrected chi connectivity index (χ0v) is 23.0. The van der Waals surface area contributed by atoms with E-state index in [4.69, 9.17) is 25.8 Å². The number of halogens is 2. The molecule has 208 valence electrons. The molecule has 2 aromatic heterocycles. The minimum Gasteiger partial charge on any atom is -0.497 e. The summed E-state index contributed by atoms with van der Waals surface area (Å²) in [5.74, 6) is 0.569. The number of pyridine rings is 1. The first-order chi connectivity index (χ1) is 18.5.